The van der Waals surface area contributed by atoms with Gasteiger partial charge in [-0.1, -0.05) is 36.4 Å². The predicted molar refractivity (Wildman–Crippen MR) is 164 cm³/mol. The first-order valence-corrected chi connectivity index (χ1v) is 14.9. The minimum Gasteiger partial charge on any atom is -0.494 e. The number of halogens is 2. The SMILES string of the molecule is Fc1ccc(OCCCCCCOc2ccccc2OCCCCCCOc2ccc(-c3ccc(F)cc3)cc2)cc1. The first kappa shape index (κ1) is 30.9. The zero-order chi connectivity index (χ0) is 29.2. The number of hydrogen-bond acceptors (Lipinski definition) is 4. The number of para-hydroxylation sites is 2. The van der Waals surface area contributed by atoms with Crippen LogP contribution in [0.4, 0.5) is 8.78 Å². The largest absolute Gasteiger partial charge is 0.494 e. The molecule has 0 atom stereocenters. The van der Waals surface area contributed by atoms with Gasteiger partial charge in [-0.3, -0.25) is 0 Å². The van der Waals surface area contributed by atoms with Crippen LogP contribution in [0.2, 0.25) is 0 Å². The van der Waals surface area contributed by atoms with Crippen molar-refractivity contribution in [1.82, 2.24) is 0 Å². The van der Waals surface area contributed by atoms with Gasteiger partial charge in [0.1, 0.15) is 23.1 Å². The molecule has 4 nitrogen and oxygen atoms in total. The van der Waals surface area contributed by atoms with E-state index >= 15 is 0 Å². The second kappa shape index (κ2) is 17.7. The highest BCUT2D eigenvalue weighted by molar-refractivity contribution is 5.64. The molecule has 4 aromatic carbocycles. The maximum absolute atomic E-state index is 13.1. The summed E-state index contributed by atoms with van der Waals surface area (Å²) in [5.74, 6) is 2.64. The van der Waals surface area contributed by atoms with Crippen LogP contribution in [0, 0.1) is 11.6 Å². The van der Waals surface area contributed by atoms with Crippen molar-refractivity contribution in [2.45, 2.75) is 51.4 Å². The van der Waals surface area contributed by atoms with Gasteiger partial charge < -0.3 is 18.9 Å². The second-order valence-corrected chi connectivity index (χ2v) is 10.2. The fourth-order valence-electron chi connectivity index (χ4n) is 4.47. The van der Waals surface area contributed by atoms with E-state index in [0.717, 1.165) is 79.7 Å². The Kier molecular flexibility index (Phi) is 13.0. The van der Waals surface area contributed by atoms with E-state index in [2.05, 4.69) is 0 Å². The van der Waals surface area contributed by atoms with Crippen LogP contribution in [0.1, 0.15) is 51.4 Å². The number of rotatable bonds is 19. The Morgan fingerprint density at radius 1 is 0.357 bits per heavy atom. The minimum absolute atomic E-state index is 0.230. The third kappa shape index (κ3) is 11.1. The predicted octanol–water partition coefficient (Wildman–Crippen LogP) is 9.67. The van der Waals surface area contributed by atoms with Crippen molar-refractivity contribution in [2.24, 2.45) is 0 Å². The van der Waals surface area contributed by atoms with Gasteiger partial charge in [0.05, 0.1) is 26.4 Å². The van der Waals surface area contributed by atoms with Crippen LogP contribution < -0.4 is 18.9 Å². The maximum atomic E-state index is 13.1. The molecular formula is C36H40F2O4. The molecule has 0 aliphatic rings. The summed E-state index contributed by atoms with van der Waals surface area (Å²) in [7, 11) is 0. The summed E-state index contributed by atoms with van der Waals surface area (Å²) in [6.07, 6.45) is 8.13. The van der Waals surface area contributed by atoms with Crippen LogP contribution in [0.3, 0.4) is 0 Å². The molecule has 0 aliphatic carbocycles. The summed E-state index contributed by atoms with van der Waals surface area (Å²) >= 11 is 0. The highest BCUT2D eigenvalue weighted by atomic mass is 19.1. The zero-order valence-corrected chi connectivity index (χ0v) is 24.1. The van der Waals surface area contributed by atoms with Gasteiger partial charge in [0.2, 0.25) is 0 Å². The van der Waals surface area contributed by atoms with Crippen molar-refractivity contribution >= 4 is 0 Å². The van der Waals surface area contributed by atoms with Crippen LogP contribution in [0.15, 0.2) is 97.1 Å². The number of benzene rings is 4. The van der Waals surface area contributed by atoms with Gasteiger partial charge in [0, 0.05) is 0 Å². The first-order chi connectivity index (χ1) is 20.7. The molecule has 0 N–H and O–H groups in total. The molecule has 0 heterocycles. The van der Waals surface area contributed by atoms with E-state index in [4.69, 9.17) is 18.9 Å². The summed E-state index contributed by atoms with van der Waals surface area (Å²) in [5, 5.41) is 0. The Morgan fingerprint density at radius 2 is 0.690 bits per heavy atom. The van der Waals surface area contributed by atoms with Crippen LogP contribution in [-0.2, 0) is 0 Å². The van der Waals surface area contributed by atoms with Crippen molar-refractivity contribution < 1.29 is 27.7 Å². The molecule has 0 saturated heterocycles. The molecule has 0 saturated carbocycles. The molecule has 4 rings (SSSR count). The molecule has 0 bridgehead atoms. The fourth-order valence-corrected chi connectivity index (χ4v) is 4.47. The molecule has 0 spiro atoms. The molecule has 0 fully saturated rings. The quantitative estimate of drug-likeness (QED) is 0.105. The normalized spacial score (nSPS) is 10.8. The van der Waals surface area contributed by atoms with Gasteiger partial charge in [-0.15, -0.1) is 0 Å². The highest BCUT2D eigenvalue weighted by Crippen LogP contribution is 2.27. The molecule has 0 aliphatic heterocycles. The van der Waals surface area contributed by atoms with Crippen molar-refractivity contribution in [2.75, 3.05) is 26.4 Å². The van der Waals surface area contributed by atoms with Crippen molar-refractivity contribution in [3.63, 3.8) is 0 Å². The van der Waals surface area contributed by atoms with Gasteiger partial charge in [0.15, 0.2) is 11.5 Å². The Hall–Kier alpha value is -4.06. The standard InChI is InChI=1S/C36H40F2O4/c37-31-17-13-29(14-18-31)30-15-21-33(22-16-30)39-25-7-1-3-9-27-41-35-11-5-6-12-36(35)42-28-10-4-2-8-26-40-34-23-19-32(38)20-24-34/h5-6,11-24H,1-4,7-10,25-28H2. The topological polar surface area (TPSA) is 36.9 Å². The zero-order valence-electron chi connectivity index (χ0n) is 24.1. The van der Waals surface area contributed by atoms with Crippen molar-refractivity contribution in [3.8, 4) is 34.1 Å². The molecule has 42 heavy (non-hydrogen) atoms. The lowest BCUT2D eigenvalue weighted by Crippen LogP contribution is -2.03. The lowest BCUT2D eigenvalue weighted by molar-refractivity contribution is 0.254. The summed E-state index contributed by atoms with van der Waals surface area (Å²) < 4.78 is 49.6. The van der Waals surface area contributed by atoms with Crippen LogP contribution in [0.5, 0.6) is 23.0 Å². The van der Waals surface area contributed by atoms with Crippen LogP contribution in [-0.4, -0.2) is 26.4 Å². The molecule has 0 unspecified atom stereocenters. The van der Waals surface area contributed by atoms with E-state index in [1.807, 2.05) is 48.5 Å². The third-order valence-corrected chi connectivity index (χ3v) is 6.82. The lowest BCUT2D eigenvalue weighted by Gasteiger charge is -2.13. The Bertz CT molecular complexity index is 1290. The number of hydrogen-bond donors (Lipinski definition) is 0. The Balaban J connectivity index is 1.01. The van der Waals surface area contributed by atoms with Gasteiger partial charge >= 0.3 is 0 Å². The van der Waals surface area contributed by atoms with Gasteiger partial charge in [-0.2, -0.15) is 0 Å². The Morgan fingerprint density at radius 3 is 1.12 bits per heavy atom. The average molecular weight is 575 g/mol. The van der Waals surface area contributed by atoms with Crippen LogP contribution >= 0.6 is 0 Å². The van der Waals surface area contributed by atoms with Crippen molar-refractivity contribution in [1.29, 1.82) is 0 Å². The van der Waals surface area contributed by atoms with E-state index in [1.165, 1.54) is 24.3 Å². The second-order valence-electron chi connectivity index (χ2n) is 10.2. The fraction of sp³-hybridized carbons (Fsp3) is 0.333. The van der Waals surface area contributed by atoms with E-state index < -0.39 is 0 Å². The molecule has 0 amide bonds. The maximum Gasteiger partial charge on any atom is 0.161 e. The lowest BCUT2D eigenvalue weighted by atomic mass is 10.1. The molecule has 0 radical (unpaired) electrons. The number of unbranched alkanes of at least 4 members (excludes halogenated alkanes) is 6. The molecule has 0 aromatic heterocycles. The van der Waals surface area contributed by atoms with Gasteiger partial charge in [-0.05, 0) is 123 Å². The summed E-state index contributed by atoms with van der Waals surface area (Å²) in [6.45, 7) is 2.60. The van der Waals surface area contributed by atoms with Gasteiger partial charge in [0.25, 0.3) is 0 Å². The summed E-state index contributed by atoms with van der Waals surface area (Å²) in [5.41, 5.74) is 2.02. The van der Waals surface area contributed by atoms with E-state index in [0.29, 0.717) is 32.2 Å². The smallest absolute Gasteiger partial charge is 0.161 e. The van der Waals surface area contributed by atoms with Crippen LogP contribution in [0.25, 0.3) is 11.1 Å². The van der Waals surface area contributed by atoms with E-state index in [9.17, 15) is 8.78 Å². The van der Waals surface area contributed by atoms with E-state index in [1.54, 1.807) is 24.3 Å². The molecular weight excluding hydrogens is 534 g/mol. The Labute approximate surface area is 248 Å². The van der Waals surface area contributed by atoms with Crippen molar-refractivity contribution in [3.05, 3.63) is 109 Å². The first-order valence-electron chi connectivity index (χ1n) is 14.9. The molecule has 222 valence electrons. The third-order valence-electron chi connectivity index (χ3n) is 6.82. The summed E-state index contributed by atoms with van der Waals surface area (Å²) in [4.78, 5) is 0. The minimum atomic E-state index is -0.253. The highest BCUT2D eigenvalue weighted by Gasteiger charge is 2.05. The monoisotopic (exact) mass is 574 g/mol. The van der Waals surface area contributed by atoms with Gasteiger partial charge in [-0.25, -0.2) is 8.78 Å². The molecule has 4 aromatic rings. The van der Waals surface area contributed by atoms with E-state index in [-0.39, 0.29) is 11.6 Å². The average Bonchev–Trinajstić information content (AvgIpc) is 3.02. The molecule has 6 heteroatoms. The summed E-state index contributed by atoms with van der Waals surface area (Å²) in [6, 6.07) is 28.4. The number of ether oxygens (including phenoxy) is 4.